The molecule has 0 fully saturated rings. The Kier molecular flexibility index (Phi) is 7.41. The number of ether oxygens (including phenoxy) is 1. The quantitative estimate of drug-likeness (QED) is 0.554. The molecule has 172 valence electrons. The molecule has 2 N–H and O–H groups in total. The minimum Gasteiger partial charge on any atom is -0.444 e. The largest absolute Gasteiger partial charge is 0.444 e. The third kappa shape index (κ3) is 5.76. The number of hydrogen-bond acceptors (Lipinski definition) is 3. The standard InChI is InChI=1S/C25H30Cl2N2O3/c1-25(2,3)32-24(31)29(4)22-11-9-17(16-7-10-20(26)21(27)14-16)19-13-15(5-8-18(19)22)6-12-23(28)30/h5,7-8,10,13-14,17,22H,6,9,11-12H2,1-4H3,(H2,28,30)/t17-,22-/m0/s1. The maximum atomic E-state index is 12.8. The second kappa shape index (κ2) is 9.72. The lowest BCUT2D eigenvalue weighted by Gasteiger charge is -2.38. The molecule has 5 nitrogen and oxygen atoms in total. The lowest BCUT2D eigenvalue weighted by molar-refractivity contribution is -0.118. The summed E-state index contributed by atoms with van der Waals surface area (Å²) in [5.74, 6) is -0.220. The van der Waals surface area contributed by atoms with Gasteiger partial charge in [0.05, 0.1) is 16.1 Å². The molecule has 7 heteroatoms. The first kappa shape index (κ1) is 24.4. The number of halogens is 2. The first-order valence-corrected chi connectivity index (χ1v) is 11.5. The average Bonchev–Trinajstić information content (AvgIpc) is 2.71. The van der Waals surface area contributed by atoms with Gasteiger partial charge in [-0.25, -0.2) is 4.79 Å². The summed E-state index contributed by atoms with van der Waals surface area (Å²) in [4.78, 5) is 25.7. The Labute approximate surface area is 199 Å². The molecule has 3 rings (SSSR count). The van der Waals surface area contributed by atoms with Gasteiger partial charge in [0.15, 0.2) is 0 Å². The third-order valence-corrected chi connectivity index (χ3v) is 6.51. The normalized spacial score (nSPS) is 18.1. The van der Waals surface area contributed by atoms with Gasteiger partial charge in [-0.2, -0.15) is 0 Å². The molecule has 32 heavy (non-hydrogen) atoms. The number of fused-ring (bicyclic) bond motifs is 1. The van der Waals surface area contributed by atoms with Crippen LogP contribution < -0.4 is 5.73 Å². The Morgan fingerprint density at radius 3 is 2.41 bits per heavy atom. The van der Waals surface area contributed by atoms with E-state index in [-0.39, 0.29) is 30.4 Å². The molecule has 2 atom stereocenters. The van der Waals surface area contributed by atoms with E-state index in [1.54, 1.807) is 11.9 Å². The Morgan fingerprint density at radius 2 is 1.78 bits per heavy atom. The fraction of sp³-hybridized carbons (Fsp3) is 0.440. The second-order valence-electron chi connectivity index (χ2n) is 9.34. The molecule has 0 spiro atoms. The summed E-state index contributed by atoms with van der Waals surface area (Å²) in [6, 6.07) is 11.8. The van der Waals surface area contributed by atoms with Gasteiger partial charge in [0.25, 0.3) is 0 Å². The van der Waals surface area contributed by atoms with Crippen LogP contribution in [0.25, 0.3) is 0 Å². The first-order valence-electron chi connectivity index (χ1n) is 10.8. The highest BCUT2D eigenvalue weighted by Crippen LogP contribution is 2.45. The molecule has 0 saturated carbocycles. The van der Waals surface area contributed by atoms with E-state index in [4.69, 9.17) is 33.7 Å². The third-order valence-electron chi connectivity index (χ3n) is 5.77. The van der Waals surface area contributed by atoms with Crippen molar-refractivity contribution in [2.45, 2.75) is 64.0 Å². The molecule has 1 aliphatic rings. The van der Waals surface area contributed by atoms with Crippen LogP contribution in [0.2, 0.25) is 10.0 Å². The van der Waals surface area contributed by atoms with E-state index >= 15 is 0 Å². The Bertz CT molecular complexity index is 1020. The van der Waals surface area contributed by atoms with E-state index in [2.05, 4.69) is 12.1 Å². The zero-order valence-corrected chi connectivity index (χ0v) is 20.5. The molecule has 2 amide bonds. The van der Waals surface area contributed by atoms with E-state index in [1.807, 2.05) is 45.0 Å². The van der Waals surface area contributed by atoms with Crippen molar-refractivity contribution in [2.24, 2.45) is 5.73 Å². The number of aryl methyl sites for hydroxylation is 1. The van der Waals surface area contributed by atoms with E-state index in [0.717, 1.165) is 35.1 Å². The Hall–Kier alpha value is -2.24. The summed E-state index contributed by atoms with van der Waals surface area (Å²) < 4.78 is 5.60. The summed E-state index contributed by atoms with van der Waals surface area (Å²) in [5, 5.41) is 1.03. The van der Waals surface area contributed by atoms with Gasteiger partial charge in [-0.15, -0.1) is 0 Å². The molecular formula is C25H30Cl2N2O3. The van der Waals surface area contributed by atoms with Gasteiger partial charge >= 0.3 is 6.09 Å². The number of hydrogen-bond donors (Lipinski definition) is 1. The molecule has 0 aliphatic heterocycles. The molecule has 1 aliphatic carbocycles. The van der Waals surface area contributed by atoms with Crippen molar-refractivity contribution in [3.63, 3.8) is 0 Å². The van der Waals surface area contributed by atoms with E-state index in [0.29, 0.717) is 16.5 Å². The SMILES string of the molecule is CN(C(=O)OC(C)(C)C)[C@H]1CC[C@@H](c2ccc(Cl)c(Cl)c2)c2cc(CCC(N)=O)ccc21. The van der Waals surface area contributed by atoms with Crippen LogP contribution in [0.3, 0.4) is 0 Å². The van der Waals surface area contributed by atoms with Gasteiger partial charge in [-0.1, -0.05) is 47.5 Å². The maximum absolute atomic E-state index is 12.8. The van der Waals surface area contributed by atoms with Gasteiger partial charge in [-0.3, -0.25) is 4.79 Å². The topological polar surface area (TPSA) is 72.6 Å². The highest BCUT2D eigenvalue weighted by Gasteiger charge is 2.34. The van der Waals surface area contributed by atoms with Crippen molar-refractivity contribution in [1.29, 1.82) is 0 Å². The highest BCUT2D eigenvalue weighted by atomic mass is 35.5. The molecule has 0 bridgehead atoms. The molecule has 0 saturated heterocycles. The molecular weight excluding hydrogens is 447 g/mol. The summed E-state index contributed by atoms with van der Waals surface area (Å²) in [6.45, 7) is 5.58. The molecule has 0 radical (unpaired) electrons. The summed E-state index contributed by atoms with van der Waals surface area (Å²) >= 11 is 12.4. The van der Waals surface area contributed by atoms with Crippen LogP contribution in [0.1, 0.15) is 74.2 Å². The maximum Gasteiger partial charge on any atom is 0.410 e. The summed E-state index contributed by atoms with van der Waals surface area (Å²) in [7, 11) is 1.78. The molecule has 0 heterocycles. The summed E-state index contributed by atoms with van der Waals surface area (Å²) in [5.41, 5.74) is 9.09. The smallest absolute Gasteiger partial charge is 0.410 e. The van der Waals surface area contributed by atoms with Crippen molar-refractivity contribution in [3.8, 4) is 0 Å². The number of carbonyl (C=O) groups excluding carboxylic acids is 2. The fourth-order valence-electron chi connectivity index (χ4n) is 4.23. The zero-order valence-electron chi connectivity index (χ0n) is 19.0. The molecule has 2 aromatic carbocycles. The van der Waals surface area contributed by atoms with Crippen LogP contribution in [-0.2, 0) is 16.0 Å². The van der Waals surface area contributed by atoms with Gasteiger partial charge in [0, 0.05) is 19.4 Å². The van der Waals surface area contributed by atoms with Crippen LogP contribution in [0.4, 0.5) is 4.79 Å². The Morgan fingerprint density at radius 1 is 1.06 bits per heavy atom. The summed E-state index contributed by atoms with van der Waals surface area (Å²) in [6.07, 6.45) is 2.14. The number of nitrogens with zero attached hydrogens (tertiary/aromatic N) is 1. The molecule has 2 aromatic rings. The lowest BCUT2D eigenvalue weighted by Crippen LogP contribution is -2.38. The second-order valence-corrected chi connectivity index (χ2v) is 10.2. The highest BCUT2D eigenvalue weighted by molar-refractivity contribution is 6.42. The van der Waals surface area contributed by atoms with Crippen LogP contribution in [-0.4, -0.2) is 29.5 Å². The van der Waals surface area contributed by atoms with E-state index < -0.39 is 5.60 Å². The van der Waals surface area contributed by atoms with Crippen molar-refractivity contribution in [1.82, 2.24) is 4.90 Å². The minimum absolute atomic E-state index is 0.107. The van der Waals surface area contributed by atoms with Crippen LogP contribution in [0, 0.1) is 0 Å². The number of rotatable bonds is 5. The number of carbonyl (C=O) groups is 2. The van der Waals surface area contributed by atoms with Gasteiger partial charge < -0.3 is 15.4 Å². The zero-order chi connectivity index (χ0) is 23.6. The number of primary amides is 1. The predicted molar refractivity (Wildman–Crippen MR) is 128 cm³/mol. The molecule has 0 aromatic heterocycles. The molecule has 0 unspecified atom stereocenters. The van der Waals surface area contributed by atoms with Crippen molar-refractivity contribution in [2.75, 3.05) is 7.05 Å². The predicted octanol–water partition coefficient (Wildman–Crippen LogP) is 6.25. The van der Waals surface area contributed by atoms with E-state index in [1.165, 1.54) is 0 Å². The number of amides is 2. The van der Waals surface area contributed by atoms with Gasteiger partial charge in [0.2, 0.25) is 5.91 Å². The van der Waals surface area contributed by atoms with Crippen LogP contribution in [0.5, 0.6) is 0 Å². The number of nitrogens with two attached hydrogens (primary N) is 1. The van der Waals surface area contributed by atoms with Gasteiger partial charge in [0.1, 0.15) is 5.60 Å². The van der Waals surface area contributed by atoms with Crippen molar-refractivity contribution in [3.05, 3.63) is 68.7 Å². The van der Waals surface area contributed by atoms with Gasteiger partial charge in [-0.05, 0) is 74.4 Å². The average molecular weight is 477 g/mol. The fourth-order valence-corrected chi connectivity index (χ4v) is 4.53. The number of benzene rings is 2. The monoisotopic (exact) mass is 476 g/mol. The van der Waals surface area contributed by atoms with E-state index in [9.17, 15) is 9.59 Å². The minimum atomic E-state index is -0.565. The first-order chi connectivity index (χ1) is 15.0. The Balaban J connectivity index is 2.00. The van der Waals surface area contributed by atoms with Crippen LogP contribution >= 0.6 is 23.2 Å². The van der Waals surface area contributed by atoms with Crippen molar-refractivity contribution >= 4 is 35.2 Å². The van der Waals surface area contributed by atoms with Crippen LogP contribution in [0.15, 0.2) is 36.4 Å². The lowest BCUT2D eigenvalue weighted by atomic mass is 9.75. The van der Waals surface area contributed by atoms with Crippen molar-refractivity contribution < 1.29 is 14.3 Å².